The molecule has 8 rings (SSSR count). The van der Waals surface area contributed by atoms with Crippen molar-refractivity contribution in [2.75, 3.05) is 6.61 Å². The first-order valence-electron chi connectivity index (χ1n) is 14.8. The molecule has 0 bridgehead atoms. The van der Waals surface area contributed by atoms with Crippen LogP contribution in [0, 0.1) is 11.8 Å². The number of fused-ring (bicyclic) bond motifs is 6. The molecular weight excluding hydrogens is 500 g/mol. The Morgan fingerprint density at radius 3 is 2.10 bits per heavy atom. The summed E-state index contributed by atoms with van der Waals surface area (Å²) in [6, 6.07) is 39.1. The van der Waals surface area contributed by atoms with Gasteiger partial charge in [0.25, 0.3) is 0 Å². The molecule has 2 N–H and O–H groups in total. The van der Waals surface area contributed by atoms with Crippen LogP contribution in [0.15, 0.2) is 121 Å². The summed E-state index contributed by atoms with van der Waals surface area (Å²) in [5.74, 6) is 1.39. The van der Waals surface area contributed by atoms with E-state index in [0.29, 0.717) is 24.4 Å². The number of rotatable bonds is 6. The minimum Gasteiger partial charge on any atom is -0.376 e. The number of aromatic nitrogens is 2. The smallest absolute Gasteiger partial charge is 0.0717 e. The Labute approximate surface area is 240 Å². The molecule has 4 atom stereocenters. The summed E-state index contributed by atoms with van der Waals surface area (Å²) in [4.78, 5) is 7.79. The lowest BCUT2D eigenvalue weighted by atomic mass is 9.68. The van der Waals surface area contributed by atoms with Gasteiger partial charge in [-0.25, -0.2) is 0 Å². The standard InChI is InChI=1S/C38H34N2O/c1-24-20-27(23-41-22-25-12-4-2-5-13-25)33-30(21-24)34-28-16-8-10-18-31(28)40-38(34)36(33)35-29-17-9-11-19-32(29)39-37(35)26-14-6-3-7-15-26/h2-19,21,27,30,33,36,39-40H,20,22-23H2,1H3/t27-,30-,33+,36+/m1/s1. The zero-order valence-electron chi connectivity index (χ0n) is 23.3. The summed E-state index contributed by atoms with van der Waals surface area (Å²) >= 11 is 0. The third kappa shape index (κ3) is 4.07. The monoisotopic (exact) mass is 534 g/mol. The van der Waals surface area contributed by atoms with Crippen molar-refractivity contribution in [2.45, 2.75) is 31.8 Å². The molecule has 202 valence electrons. The SMILES string of the molecule is CC1=C[C@H]2c3c([nH]c4ccccc34)[C@H](c3c(-c4ccccc4)[nH]c4ccccc34)[C@H]2[C@@H](COCc2ccccc2)C1. The van der Waals surface area contributed by atoms with Crippen molar-refractivity contribution in [3.63, 3.8) is 0 Å². The summed E-state index contributed by atoms with van der Waals surface area (Å²) in [6.45, 7) is 3.71. The Balaban J connectivity index is 1.31. The maximum atomic E-state index is 6.50. The number of para-hydroxylation sites is 2. The minimum absolute atomic E-state index is 0.225. The molecule has 6 aromatic rings. The first-order chi connectivity index (χ1) is 20.3. The summed E-state index contributed by atoms with van der Waals surface area (Å²) in [5, 5.41) is 2.67. The molecule has 0 spiro atoms. The lowest BCUT2D eigenvalue weighted by Gasteiger charge is -2.37. The summed E-state index contributed by atoms with van der Waals surface area (Å²) < 4.78 is 6.50. The van der Waals surface area contributed by atoms with Crippen molar-refractivity contribution in [3.8, 4) is 11.3 Å². The topological polar surface area (TPSA) is 40.8 Å². The van der Waals surface area contributed by atoms with Gasteiger partial charge in [-0.15, -0.1) is 0 Å². The number of H-pyrrole nitrogens is 2. The minimum atomic E-state index is 0.225. The second-order valence-corrected chi connectivity index (χ2v) is 11.9. The number of allylic oxidation sites excluding steroid dienone is 2. The maximum Gasteiger partial charge on any atom is 0.0717 e. The highest BCUT2D eigenvalue weighted by Gasteiger charge is 2.49. The van der Waals surface area contributed by atoms with E-state index >= 15 is 0 Å². The highest BCUT2D eigenvalue weighted by Crippen LogP contribution is 2.60. The van der Waals surface area contributed by atoms with Crippen LogP contribution in [-0.2, 0) is 11.3 Å². The Hall–Kier alpha value is -4.34. The zero-order valence-corrected chi connectivity index (χ0v) is 23.3. The molecule has 0 saturated heterocycles. The first-order valence-corrected chi connectivity index (χ1v) is 14.8. The molecule has 41 heavy (non-hydrogen) atoms. The lowest BCUT2D eigenvalue weighted by Crippen LogP contribution is -2.30. The van der Waals surface area contributed by atoms with Crippen LogP contribution in [0.5, 0.6) is 0 Å². The fraction of sp³-hybridized carbons (Fsp3) is 0.211. The molecule has 0 fully saturated rings. The Bertz CT molecular complexity index is 1880. The molecule has 0 radical (unpaired) electrons. The predicted molar refractivity (Wildman–Crippen MR) is 168 cm³/mol. The molecule has 2 aromatic heterocycles. The Morgan fingerprint density at radius 1 is 0.707 bits per heavy atom. The molecule has 3 heteroatoms. The molecule has 0 aliphatic heterocycles. The molecule has 3 nitrogen and oxygen atoms in total. The fourth-order valence-corrected chi connectivity index (χ4v) is 7.79. The number of hydrogen-bond acceptors (Lipinski definition) is 1. The first kappa shape index (κ1) is 24.5. The summed E-state index contributed by atoms with van der Waals surface area (Å²) in [5.41, 5.74) is 11.9. The van der Waals surface area contributed by atoms with Gasteiger partial charge >= 0.3 is 0 Å². The molecule has 0 saturated carbocycles. The molecule has 4 aromatic carbocycles. The Kier molecular flexibility index (Phi) is 5.93. The molecule has 2 aliphatic carbocycles. The van der Waals surface area contributed by atoms with Gasteiger partial charge in [0, 0.05) is 39.3 Å². The number of hydrogen-bond donors (Lipinski definition) is 2. The normalized spacial score (nSPS) is 21.6. The van der Waals surface area contributed by atoms with Gasteiger partial charge in [0.1, 0.15) is 0 Å². The van der Waals surface area contributed by atoms with Crippen LogP contribution in [0.2, 0.25) is 0 Å². The van der Waals surface area contributed by atoms with Crippen LogP contribution in [0.3, 0.4) is 0 Å². The van der Waals surface area contributed by atoms with Gasteiger partial charge in [-0.1, -0.05) is 109 Å². The third-order valence-corrected chi connectivity index (χ3v) is 9.38. The van der Waals surface area contributed by atoms with E-state index < -0.39 is 0 Å². The van der Waals surface area contributed by atoms with Crippen LogP contribution in [-0.4, -0.2) is 16.6 Å². The lowest BCUT2D eigenvalue weighted by molar-refractivity contribution is 0.0583. The highest BCUT2D eigenvalue weighted by atomic mass is 16.5. The van der Waals surface area contributed by atoms with Gasteiger partial charge < -0.3 is 14.7 Å². The molecule has 2 heterocycles. The van der Waals surface area contributed by atoms with Crippen molar-refractivity contribution >= 4 is 21.8 Å². The van der Waals surface area contributed by atoms with Crippen molar-refractivity contribution in [3.05, 3.63) is 143 Å². The van der Waals surface area contributed by atoms with E-state index in [1.165, 1.54) is 61.0 Å². The quantitative estimate of drug-likeness (QED) is 0.205. The van der Waals surface area contributed by atoms with E-state index in [-0.39, 0.29) is 5.92 Å². The fourth-order valence-electron chi connectivity index (χ4n) is 7.79. The third-order valence-electron chi connectivity index (χ3n) is 9.38. The van der Waals surface area contributed by atoms with Crippen molar-refractivity contribution in [2.24, 2.45) is 11.8 Å². The average molecular weight is 535 g/mol. The van der Waals surface area contributed by atoms with Crippen molar-refractivity contribution in [1.82, 2.24) is 9.97 Å². The second-order valence-electron chi connectivity index (χ2n) is 11.9. The van der Waals surface area contributed by atoms with Gasteiger partial charge in [0.05, 0.1) is 18.9 Å². The molecule has 0 unspecified atom stereocenters. The Morgan fingerprint density at radius 2 is 1.34 bits per heavy atom. The number of nitrogens with one attached hydrogen (secondary N) is 2. The van der Waals surface area contributed by atoms with Crippen LogP contribution < -0.4 is 0 Å². The van der Waals surface area contributed by atoms with Gasteiger partial charge in [0.15, 0.2) is 0 Å². The molecule has 2 aliphatic rings. The van der Waals surface area contributed by atoms with E-state index in [1.54, 1.807) is 0 Å². The van der Waals surface area contributed by atoms with E-state index in [2.05, 4.69) is 132 Å². The van der Waals surface area contributed by atoms with Gasteiger partial charge in [-0.2, -0.15) is 0 Å². The highest BCUT2D eigenvalue weighted by molar-refractivity contribution is 5.94. The van der Waals surface area contributed by atoms with Crippen LogP contribution >= 0.6 is 0 Å². The van der Waals surface area contributed by atoms with E-state index in [9.17, 15) is 0 Å². The number of aromatic amines is 2. The predicted octanol–water partition coefficient (Wildman–Crippen LogP) is 9.34. The van der Waals surface area contributed by atoms with E-state index in [1.807, 2.05) is 0 Å². The summed E-state index contributed by atoms with van der Waals surface area (Å²) in [7, 11) is 0. The van der Waals surface area contributed by atoms with Crippen molar-refractivity contribution < 1.29 is 4.74 Å². The van der Waals surface area contributed by atoms with Crippen LogP contribution in [0.4, 0.5) is 0 Å². The average Bonchev–Trinajstić information content (AvgIpc) is 3.67. The number of ether oxygens (including phenoxy) is 1. The largest absolute Gasteiger partial charge is 0.376 e. The second kappa shape index (κ2) is 9.94. The van der Waals surface area contributed by atoms with Crippen LogP contribution in [0.1, 0.15) is 47.6 Å². The van der Waals surface area contributed by atoms with Gasteiger partial charge in [-0.3, -0.25) is 0 Å². The van der Waals surface area contributed by atoms with E-state index in [4.69, 9.17) is 4.74 Å². The van der Waals surface area contributed by atoms with Gasteiger partial charge in [-0.05, 0) is 59.6 Å². The number of benzene rings is 4. The van der Waals surface area contributed by atoms with Crippen molar-refractivity contribution in [1.29, 1.82) is 0 Å². The molecular formula is C38H34N2O. The van der Waals surface area contributed by atoms with Crippen LogP contribution in [0.25, 0.3) is 33.1 Å². The molecule has 0 amide bonds. The maximum absolute atomic E-state index is 6.50. The van der Waals surface area contributed by atoms with E-state index in [0.717, 1.165) is 13.0 Å². The summed E-state index contributed by atoms with van der Waals surface area (Å²) in [6.07, 6.45) is 3.63. The zero-order chi connectivity index (χ0) is 27.3. The van der Waals surface area contributed by atoms with Gasteiger partial charge in [0.2, 0.25) is 0 Å².